The third-order valence-electron chi connectivity index (χ3n) is 2.07. The third kappa shape index (κ3) is 1.10. The first-order valence-electron chi connectivity index (χ1n) is 4.04. The summed E-state index contributed by atoms with van der Waals surface area (Å²) in [6.45, 7) is 0. The molecule has 0 saturated carbocycles. The van der Waals surface area contributed by atoms with E-state index in [0.29, 0.717) is 17.0 Å². The summed E-state index contributed by atoms with van der Waals surface area (Å²) in [5.74, 6) is 5.50. The quantitative estimate of drug-likeness (QED) is 0.495. The number of fused-ring (bicyclic) bond motifs is 1. The van der Waals surface area contributed by atoms with Crippen molar-refractivity contribution in [1.82, 2.24) is 0 Å². The molecule has 5 nitrogen and oxygen atoms in total. The van der Waals surface area contributed by atoms with Crippen LogP contribution in [-0.4, -0.2) is 18.7 Å². The van der Waals surface area contributed by atoms with Crippen molar-refractivity contribution in [3.8, 4) is 5.75 Å². The zero-order valence-corrected chi connectivity index (χ0v) is 7.57. The molecule has 0 aliphatic carbocycles. The van der Waals surface area contributed by atoms with Crippen molar-refractivity contribution in [3.63, 3.8) is 0 Å². The van der Waals surface area contributed by atoms with Crippen LogP contribution in [0.15, 0.2) is 23.3 Å². The number of nitrogens with two attached hydrogens (primary N) is 1. The highest BCUT2D eigenvalue weighted by Gasteiger charge is 2.26. The van der Waals surface area contributed by atoms with E-state index >= 15 is 0 Å². The Morgan fingerprint density at radius 2 is 2.29 bits per heavy atom. The topological polar surface area (TPSA) is 76.7 Å². The van der Waals surface area contributed by atoms with Gasteiger partial charge in [0.05, 0.1) is 12.8 Å². The predicted molar refractivity (Wildman–Crippen MR) is 52.3 cm³/mol. The molecule has 0 aromatic heterocycles. The Morgan fingerprint density at radius 3 is 2.93 bits per heavy atom. The first kappa shape index (κ1) is 8.55. The number of nitrogens with one attached hydrogen (secondary N) is 1. The number of carbonyl (C=O) groups excluding carboxylic acids is 1. The van der Waals surface area contributed by atoms with Gasteiger partial charge in [-0.3, -0.25) is 4.79 Å². The SMILES string of the molecule is COc1ccc2c(c1)/C(=N/N)C(=O)N2. The van der Waals surface area contributed by atoms with Crippen LogP contribution in [0.1, 0.15) is 5.56 Å². The molecule has 1 aliphatic heterocycles. The number of ether oxygens (including phenoxy) is 1. The van der Waals surface area contributed by atoms with Crippen molar-refractivity contribution in [2.75, 3.05) is 12.4 Å². The molecule has 14 heavy (non-hydrogen) atoms. The molecular weight excluding hydrogens is 182 g/mol. The van der Waals surface area contributed by atoms with Crippen molar-refractivity contribution in [3.05, 3.63) is 23.8 Å². The fourth-order valence-corrected chi connectivity index (χ4v) is 1.39. The predicted octanol–water partition coefficient (Wildman–Crippen LogP) is 0.310. The molecule has 0 spiro atoms. The molecule has 0 atom stereocenters. The van der Waals surface area contributed by atoms with Gasteiger partial charge in [-0.1, -0.05) is 0 Å². The van der Waals surface area contributed by atoms with Gasteiger partial charge in [0.15, 0.2) is 5.71 Å². The number of carbonyl (C=O) groups is 1. The zero-order valence-electron chi connectivity index (χ0n) is 7.57. The van der Waals surface area contributed by atoms with Crippen molar-refractivity contribution >= 4 is 17.3 Å². The van der Waals surface area contributed by atoms with Crippen LogP contribution in [0.2, 0.25) is 0 Å². The van der Waals surface area contributed by atoms with Gasteiger partial charge in [0, 0.05) is 5.56 Å². The molecule has 0 unspecified atom stereocenters. The Bertz CT molecular complexity index is 426. The molecule has 2 rings (SSSR count). The highest BCUT2D eigenvalue weighted by atomic mass is 16.5. The summed E-state index contributed by atoms with van der Waals surface area (Å²) in [4.78, 5) is 11.3. The Kier molecular flexibility index (Phi) is 1.85. The van der Waals surface area contributed by atoms with E-state index in [4.69, 9.17) is 10.6 Å². The highest BCUT2D eigenvalue weighted by molar-refractivity contribution is 6.53. The Balaban J connectivity index is 2.56. The molecule has 0 saturated heterocycles. The summed E-state index contributed by atoms with van der Waals surface area (Å²) < 4.78 is 5.03. The van der Waals surface area contributed by atoms with E-state index in [1.54, 1.807) is 25.3 Å². The molecule has 1 heterocycles. The lowest BCUT2D eigenvalue weighted by molar-refractivity contribution is -0.110. The van der Waals surface area contributed by atoms with E-state index in [0.717, 1.165) is 0 Å². The lowest BCUT2D eigenvalue weighted by atomic mass is 10.1. The molecule has 1 aromatic carbocycles. The van der Waals surface area contributed by atoms with Gasteiger partial charge in [-0.15, -0.1) is 0 Å². The molecule has 1 aliphatic rings. The van der Waals surface area contributed by atoms with Crippen molar-refractivity contribution < 1.29 is 9.53 Å². The van der Waals surface area contributed by atoms with E-state index in [9.17, 15) is 4.79 Å². The largest absolute Gasteiger partial charge is 0.497 e. The molecule has 72 valence electrons. The van der Waals surface area contributed by atoms with Crippen LogP contribution in [0.25, 0.3) is 0 Å². The minimum atomic E-state index is -0.282. The van der Waals surface area contributed by atoms with E-state index < -0.39 is 0 Å². The molecular formula is C9H9N3O2. The van der Waals surface area contributed by atoms with Gasteiger partial charge < -0.3 is 15.9 Å². The van der Waals surface area contributed by atoms with Gasteiger partial charge in [0.2, 0.25) is 0 Å². The van der Waals surface area contributed by atoms with E-state index in [2.05, 4.69) is 10.4 Å². The maximum atomic E-state index is 11.3. The van der Waals surface area contributed by atoms with Gasteiger partial charge in [-0.25, -0.2) is 0 Å². The number of methoxy groups -OCH3 is 1. The van der Waals surface area contributed by atoms with Gasteiger partial charge in [0.25, 0.3) is 5.91 Å². The normalized spacial score (nSPS) is 16.6. The zero-order chi connectivity index (χ0) is 10.1. The first-order valence-corrected chi connectivity index (χ1v) is 4.04. The second kappa shape index (κ2) is 3.02. The van der Waals surface area contributed by atoms with E-state index in [-0.39, 0.29) is 11.6 Å². The van der Waals surface area contributed by atoms with E-state index in [1.165, 1.54) is 0 Å². The smallest absolute Gasteiger partial charge is 0.276 e. The average molecular weight is 191 g/mol. The monoisotopic (exact) mass is 191 g/mol. The first-order chi connectivity index (χ1) is 6.76. The number of anilines is 1. The molecule has 0 bridgehead atoms. The van der Waals surface area contributed by atoms with Gasteiger partial charge >= 0.3 is 0 Å². The molecule has 0 radical (unpaired) electrons. The number of hydrogen-bond donors (Lipinski definition) is 2. The van der Waals surface area contributed by atoms with Crippen molar-refractivity contribution in [2.24, 2.45) is 10.9 Å². The van der Waals surface area contributed by atoms with Crippen LogP contribution in [0.4, 0.5) is 5.69 Å². The molecule has 1 amide bonds. The fourth-order valence-electron chi connectivity index (χ4n) is 1.39. The van der Waals surface area contributed by atoms with Crippen LogP contribution in [0.3, 0.4) is 0 Å². The van der Waals surface area contributed by atoms with Crippen LogP contribution in [-0.2, 0) is 4.79 Å². The van der Waals surface area contributed by atoms with Crippen LogP contribution < -0.4 is 15.9 Å². The second-order valence-electron chi connectivity index (χ2n) is 2.84. The summed E-state index contributed by atoms with van der Waals surface area (Å²) in [5.41, 5.74) is 1.62. The second-order valence-corrected chi connectivity index (χ2v) is 2.84. The van der Waals surface area contributed by atoms with Crippen LogP contribution >= 0.6 is 0 Å². The number of amides is 1. The lowest BCUT2D eigenvalue weighted by Crippen LogP contribution is -2.15. The summed E-state index contributed by atoms with van der Waals surface area (Å²) >= 11 is 0. The standard InChI is InChI=1S/C9H9N3O2/c1-14-5-2-3-7-6(4-5)8(12-10)9(13)11-7/h2-4H,10H2,1H3,(H,11,12,13). The number of rotatable bonds is 1. The Morgan fingerprint density at radius 1 is 1.50 bits per heavy atom. The van der Waals surface area contributed by atoms with Gasteiger partial charge in [-0.05, 0) is 18.2 Å². The number of hydrazone groups is 1. The van der Waals surface area contributed by atoms with Crippen molar-refractivity contribution in [2.45, 2.75) is 0 Å². The minimum Gasteiger partial charge on any atom is -0.497 e. The third-order valence-corrected chi connectivity index (χ3v) is 2.07. The lowest BCUT2D eigenvalue weighted by Gasteiger charge is -2.01. The Labute approximate surface area is 80.6 Å². The van der Waals surface area contributed by atoms with E-state index in [1.807, 2.05) is 0 Å². The van der Waals surface area contributed by atoms with Gasteiger partial charge in [-0.2, -0.15) is 5.10 Å². The average Bonchev–Trinajstić information content (AvgIpc) is 2.52. The fraction of sp³-hybridized carbons (Fsp3) is 0.111. The molecule has 1 aromatic rings. The highest BCUT2D eigenvalue weighted by Crippen LogP contribution is 2.27. The maximum absolute atomic E-state index is 11.3. The summed E-state index contributed by atoms with van der Waals surface area (Å²) in [6, 6.07) is 5.24. The van der Waals surface area contributed by atoms with Crippen molar-refractivity contribution in [1.29, 1.82) is 0 Å². The minimum absolute atomic E-state index is 0.235. The number of nitrogens with zero attached hydrogens (tertiary/aromatic N) is 1. The molecule has 5 heteroatoms. The molecule has 0 fully saturated rings. The Hall–Kier alpha value is -2.04. The number of benzene rings is 1. The summed E-state index contributed by atoms with van der Waals surface area (Å²) in [7, 11) is 1.56. The number of hydrogen-bond acceptors (Lipinski definition) is 4. The van der Waals surface area contributed by atoms with Crippen LogP contribution in [0.5, 0.6) is 5.75 Å². The molecule has 3 N–H and O–H groups in total. The summed E-state index contributed by atoms with van der Waals surface area (Å²) in [6.07, 6.45) is 0. The summed E-state index contributed by atoms with van der Waals surface area (Å²) in [5, 5.41) is 6.08. The maximum Gasteiger partial charge on any atom is 0.276 e. The van der Waals surface area contributed by atoms with Gasteiger partial charge in [0.1, 0.15) is 5.75 Å². The van der Waals surface area contributed by atoms with Crippen LogP contribution in [0, 0.1) is 0 Å².